The summed E-state index contributed by atoms with van der Waals surface area (Å²) in [4.78, 5) is 13.6. The molecule has 0 fully saturated rings. The van der Waals surface area contributed by atoms with Crippen LogP contribution in [0.15, 0.2) is 24.3 Å². The average molecular weight is 342 g/mol. The first kappa shape index (κ1) is 19.3. The number of benzene rings is 1. The number of ether oxygens (including phenoxy) is 1. The average Bonchev–Trinajstić information content (AvgIpc) is 2.42. The quantitative estimate of drug-likeness (QED) is 0.823. The number of nitrogens with one attached hydrogen (secondary N) is 1. The molecule has 0 radical (unpaired) electrons. The maximum atomic E-state index is 12.2. The first-order chi connectivity index (χ1) is 10.6. The predicted octanol–water partition coefficient (Wildman–Crippen LogP) is 2.05. The Hall–Kier alpha value is -1.76. The molecular formula is C16H26N2O4S. The monoisotopic (exact) mass is 342 g/mol. The van der Waals surface area contributed by atoms with Crippen LogP contribution in [-0.4, -0.2) is 50.6 Å². The van der Waals surface area contributed by atoms with Gasteiger partial charge in [-0.3, -0.25) is 0 Å². The fourth-order valence-electron chi connectivity index (χ4n) is 2.06. The Kier molecular flexibility index (Phi) is 6.87. The second-order valence-corrected chi connectivity index (χ2v) is 8.17. The molecular weight excluding hydrogens is 316 g/mol. The molecule has 2 amide bonds. The minimum absolute atomic E-state index is 0.0457. The zero-order valence-corrected chi connectivity index (χ0v) is 15.2. The summed E-state index contributed by atoms with van der Waals surface area (Å²) in [7, 11) is -1.55. The number of carbonyl (C=O) groups excluding carboxylic acids is 1. The van der Waals surface area contributed by atoms with E-state index < -0.39 is 15.9 Å². The Morgan fingerprint density at radius 1 is 1.26 bits per heavy atom. The van der Waals surface area contributed by atoms with Gasteiger partial charge in [0.15, 0.2) is 0 Å². The molecule has 1 aromatic rings. The van der Waals surface area contributed by atoms with Crippen LogP contribution < -0.4 is 10.1 Å². The van der Waals surface area contributed by atoms with Crippen molar-refractivity contribution >= 4 is 15.9 Å². The lowest BCUT2D eigenvalue weighted by Crippen LogP contribution is -2.44. The Morgan fingerprint density at radius 2 is 1.87 bits per heavy atom. The minimum atomic E-state index is -3.13. The van der Waals surface area contributed by atoms with Crippen molar-refractivity contribution in [2.24, 2.45) is 0 Å². The van der Waals surface area contributed by atoms with Crippen LogP contribution in [-0.2, 0) is 16.4 Å². The molecule has 0 aliphatic carbocycles. The highest BCUT2D eigenvalue weighted by molar-refractivity contribution is 7.90. The van der Waals surface area contributed by atoms with E-state index in [0.717, 1.165) is 17.6 Å². The van der Waals surface area contributed by atoms with Crippen molar-refractivity contribution in [1.29, 1.82) is 0 Å². The normalized spacial score (nSPS) is 12.8. The molecule has 1 N–H and O–H groups in total. The molecule has 0 spiro atoms. The van der Waals surface area contributed by atoms with E-state index >= 15 is 0 Å². The van der Waals surface area contributed by atoms with Crippen LogP contribution in [0.25, 0.3) is 0 Å². The van der Waals surface area contributed by atoms with Crippen LogP contribution in [0, 0.1) is 0 Å². The Labute approximate surface area is 138 Å². The summed E-state index contributed by atoms with van der Waals surface area (Å²) in [5.74, 6) is 0.666. The number of rotatable bonds is 7. The van der Waals surface area contributed by atoms with Gasteiger partial charge in [-0.1, -0.05) is 18.2 Å². The number of hydrogen-bond acceptors (Lipinski definition) is 4. The van der Waals surface area contributed by atoms with Crippen LogP contribution in [0.2, 0.25) is 0 Å². The van der Waals surface area contributed by atoms with Crippen LogP contribution in [0.3, 0.4) is 0 Å². The van der Waals surface area contributed by atoms with Gasteiger partial charge in [-0.25, -0.2) is 13.2 Å². The highest BCUT2D eigenvalue weighted by atomic mass is 32.2. The molecule has 1 atom stereocenters. The topological polar surface area (TPSA) is 75.7 Å². The first-order valence-corrected chi connectivity index (χ1v) is 9.59. The number of carbonyl (C=O) groups is 1. The minimum Gasteiger partial charge on any atom is -0.491 e. The van der Waals surface area contributed by atoms with E-state index in [9.17, 15) is 13.2 Å². The van der Waals surface area contributed by atoms with Gasteiger partial charge in [0.1, 0.15) is 15.6 Å². The molecule has 0 aromatic heterocycles. The fourth-order valence-corrected chi connectivity index (χ4v) is 3.16. The van der Waals surface area contributed by atoms with Gasteiger partial charge in [-0.05, 0) is 26.8 Å². The van der Waals surface area contributed by atoms with E-state index in [0.29, 0.717) is 6.54 Å². The largest absolute Gasteiger partial charge is 0.491 e. The van der Waals surface area contributed by atoms with Gasteiger partial charge in [0.25, 0.3) is 0 Å². The van der Waals surface area contributed by atoms with Gasteiger partial charge in [-0.2, -0.15) is 0 Å². The molecule has 130 valence electrons. The number of urea groups is 1. The van der Waals surface area contributed by atoms with Crippen molar-refractivity contribution in [3.05, 3.63) is 29.8 Å². The molecule has 1 aromatic carbocycles. The predicted molar refractivity (Wildman–Crippen MR) is 91.4 cm³/mol. The van der Waals surface area contributed by atoms with Gasteiger partial charge in [0, 0.05) is 31.5 Å². The zero-order chi connectivity index (χ0) is 17.6. The highest BCUT2D eigenvalue weighted by Crippen LogP contribution is 2.19. The summed E-state index contributed by atoms with van der Waals surface area (Å²) < 4.78 is 28.3. The Bertz CT molecular complexity index is 629. The molecule has 6 nitrogen and oxygen atoms in total. The maximum absolute atomic E-state index is 12.2. The fraction of sp³-hybridized carbons (Fsp3) is 0.562. The van der Waals surface area contributed by atoms with Gasteiger partial charge in [0.05, 0.1) is 11.9 Å². The smallest absolute Gasteiger partial charge is 0.317 e. The lowest BCUT2D eigenvalue weighted by Gasteiger charge is -2.25. The standard InChI is InChI=1S/C16H26N2O4S/c1-12(2)22-15-9-7-6-8-14(15)10-17-16(19)18(4)13(3)11-23(5,20)21/h6-9,12-13H,10-11H2,1-5H3,(H,17,19)/t13-/m0/s1. The molecule has 7 heteroatoms. The van der Waals surface area contributed by atoms with E-state index in [1.54, 1.807) is 14.0 Å². The number of nitrogens with zero attached hydrogens (tertiary/aromatic N) is 1. The van der Waals surface area contributed by atoms with Gasteiger partial charge >= 0.3 is 6.03 Å². The molecule has 0 saturated carbocycles. The summed E-state index contributed by atoms with van der Waals surface area (Å²) in [5.41, 5.74) is 0.874. The van der Waals surface area contributed by atoms with E-state index in [2.05, 4.69) is 5.32 Å². The van der Waals surface area contributed by atoms with E-state index in [4.69, 9.17) is 4.74 Å². The van der Waals surface area contributed by atoms with Crippen LogP contribution in [0.4, 0.5) is 4.79 Å². The summed E-state index contributed by atoms with van der Waals surface area (Å²) in [6.07, 6.45) is 1.21. The number of sulfone groups is 1. The van der Waals surface area contributed by atoms with Crippen molar-refractivity contribution < 1.29 is 17.9 Å². The van der Waals surface area contributed by atoms with Crippen LogP contribution in [0.1, 0.15) is 26.3 Å². The molecule has 1 rings (SSSR count). The van der Waals surface area contributed by atoms with Gasteiger partial charge in [0.2, 0.25) is 0 Å². The lowest BCUT2D eigenvalue weighted by molar-refractivity contribution is 0.197. The molecule has 0 heterocycles. The summed E-state index contributed by atoms with van der Waals surface area (Å²) in [6, 6.07) is 6.79. The molecule has 0 unspecified atom stereocenters. The van der Waals surface area contributed by atoms with Crippen molar-refractivity contribution in [1.82, 2.24) is 10.2 Å². The number of amides is 2. The zero-order valence-electron chi connectivity index (χ0n) is 14.4. The van der Waals surface area contributed by atoms with Crippen LogP contribution >= 0.6 is 0 Å². The maximum Gasteiger partial charge on any atom is 0.317 e. The van der Waals surface area contributed by atoms with E-state index in [1.807, 2.05) is 38.1 Å². The summed E-state index contributed by atoms with van der Waals surface area (Å²) in [5, 5.41) is 2.79. The van der Waals surface area contributed by atoms with Crippen molar-refractivity contribution in [2.45, 2.75) is 39.5 Å². The summed E-state index contributed by atoms with van der Waals surface area (Å²) in [6.45, 7) is 5.90. The van der Waals surface area contributed by atoms with Gasteiger partial charge < -0.3 is 15.0 Å². The molecule has 0 aliphatic heterocycles. The molecule has 0 aliphatic rings. The van der Waals surface area contributed by atoms with Crippen molar-refractivity contribution in [2.75, 3.05) is 19.1 Å². The SMILES string of the molecule is CC(C)Oc1ccccc1CNC(=O)N(C)[C@@H](C)CS(C)(=O)=O. The number of hydrogen-bond donors (Lipinski definition) is 1. The van der Waals surface area contributed by atoms with Gasteiger partial charge in [-0.15, -0.1) is 0 Å². The third-order valence-electron chi connectivity index (χ3n) is 3.29. The third kappa shape index (κ3) is 6.90. The summed E-state index contributed by atoms with van der Waals surface area (Å²) >= 11 is 0. The second kappa shape index (κ2) is 8.19. The first-order valence-electron chi connectivity index (χ1n) is 7.53. The lowest BCUT2D eigenvalue weighted by atomic mass is 10.2. The van der Waals surface area contributed by atoms with E-state index in [1.165, 1.54) is 4.90 Å². The molecule has 23 heavy (non-hydrogen) atoms. The molecule has 0 saturated heterocycles. The third-order valence-corrected chi connectivity index (χ3v) is 4.38. The van der Waals surface area contributed by atoms with E-state index in [-0.39, 0.29) is 17.9 Å². The second-order valence-electron chi connectivity index (χ2n) is 5.99. The van der Waals surface area contributed by atoms with Crippen molar-refractivity contribution in [3.8, 4) is 5.75 Å². The highest BCUT2D eigenvalue weighted by Gasteiger charge is 2.19. The number of para-hydroxylation sites is 1. The Morgan fingerprint density at radius 3 is 2.43 bits per heavy atom. The van der Waals surface area contributed by atoms with Crippen LogP contribution in [0.5, 0.6) is 5.75 Å². The Balaban J connectivity index is 2.66. The molecule has 0 bridgehead atoms. The van der Waals surface area contributed by atoms with Crippen molar-refractivity contribution in [3.63, 3.8) is 0 Å².